The third-order valence-electron chi connectivity index (χ3n) is 7.14. The largest absolute Gasteiger partial charge is 0.461 e. The molecule has 2 aromatic carbocycles. The summed E-state index contributed by atoms with van der Waals surface area (Å²) in [6, 6.07) is 10.2. The number of nitrogens with one attached hydrogen (secondary N) is 2. The van der Waals surface area contributed by atoms with E-state index in [1.807, 2.05) is 6.26 Å². The van der Waals surface area contributed by atoms with Gasteiger partial charge >= 0.3 is 36.1 Å². The Balaban J connectivity index is 2.26. The number of rotatable bonds is 20. The number of thioether (sulfide) groups is 1. The Kier molecular flexibility index (Phi) is 18.5. The summed E-state index contributed by atoms with van der Waals surface area (Å²) in [4.78, 5) is 75.1. The molecule has 0 saturated carbocycles. The highest BCUT2D eigenvalue weighted by Crippen LogP contribution is 2.42. The topological polar surface area (TPSA) is 182 Å². The van der Waals surface area contributed by atoms with E-state index in [1.54, 1.807) is 43.3 Å². The van der Waals surface area contributed by atoms with Crippen LogP contribution in [0.3, 0.4) is 0 Å². The molecule has 0 radical (unpaired) electrons. The number of carbonyl (C=O) groups excluding carboxylic acids is 6. The Labute approximate surface area is 340 Å². The van der Waals surface area contributed by atoms with E-state index in [-0.39, 0.29) is 49.9 Å². The Bertz CT molecular complexity index is 1780. The Hall–Kier alpha value is -4.75. The monoisotopic (exact) mass is 910 g/mol. The number of ether oxygens (including phenoxy) is 6. The highest BCUT2D eigenvalue weighted by Gasteiger charge is 2.32. The maximum Gasteiger partial charge on any atom is 0.413 e. The standard InChI is InChI=1S/C38H43IN2O12S2/c1-10-31(42)48-21-38(8,22-49-32(43)11-2)41-36(47)53-26-13-15-29(55-39)28(17-26)27-14-12-25(16-30(27)54-9)40-35(46)52-20-37(7,18-50-33(44)23(3)4)19-51-34(45)24(5)6/h10-17H,1-3,5,18-22H2,4,6-9H3,(H,40,46)(H,41,47). The van der Waals surface area contributed by atoms with Crippen LogP contribution in [0.15, 0.2) is 95.8 Å². The quantitative estimate of drug-likeness (QED) is 0.0435. The molecule has 0 atom stereocenters. The van der Waals surface area contributed by atoms with Gasteiger partial charge in [-0.25, -0.2) is 28.8 Å². The van der Waals surface area contributed by atoms with Gasteiger partial charge in [-0.3, -0.25) is 5.32 Å². The minimum absolute atomic E-state index is 0.177. The van der Waals surface area contributed by atoms with Crippen molar-refractivity contribution in [3.63, 3.8) is 0 Å². The van der Waals surface area contributed by atoms with Crippen LogP contribution < -0.4 is 15.4 Å². The first kappa shape index (κ1) is 46.4. The zero-order valence-corrected chi connectivity index (χ0v) is 34.9. The van der Waals surface area contributed by atoms with Gasteiger partial charge in [0.15, 0.2) is 0 Å². The van der Waals surface area contributed by atoms with Crippen molar-refractivity contribution in [1.29, 1.82) is 0 Å². The lowest BCUT2D eigenvalue weighted by atomic mass is 9.94. The van der Waals surface area contributed by atoms with Gasteiger partial charge in [0.1, 0.15) is 44.3 Å². The zero-order chi connectivity index (χ0) is 41.3. The summed E-state index contributed by atoms with van der Waals surface area (Å²) in [6.45, 7) is 18.5. The van der Waals surface area contributed by atoms with Crippen LogP contribution in [0.2, 0.25) is 0 Å². The second kappa shape index (κ2) is 22.0. The summed E-state index contributed by atoms with van der Waals surface area (Å²) < 4.78 is 31.8. The van der Waals surface area contributed by atoms with Crippen LogP contribution in [0.5, 0.6) is 5.75 Å². The molecule has 2 rings (SSSR count). The van der Waals surface area contributed by atoms with Gasteiger partial charge in [-0.05, 0) is 69.8 Å². The fourth-order valence-corrected chi connectivity index (χ4v) is 6.32. The average molecular weight is 911 g/mol. The van der Waals surface area contributed by atoms with E-state index < -0.39 is 47.0 Å². The van der Waals surface area contributed by atoms with Gasteiger partial charge in [0, 0.05) is 65.5 Å². The van der Waals surface area contributed by atoms with E-state index in [0.717, 1.165) is 33.1 Å². The van der Waals surface area contributed by atoms with Gasteiger partial charge in [0.25, 0.3) is 0 Å². The lowest BCUT2D eigenvalue weighted by Gasteiger charge is -2.29. The third-order valence-corrected chi connectivity index (χ3v) is 9.86. The molecular weight excluding hydrogens is 867 g/mol. The first-order valence-electron chi connectivity index (χ1n) is 16.2. The first-order chi connectivity index (χ1) is 25.9. The summed E-state index contributed by atoms with van der Waals surface area (Å²) in [5.74, 6) is -2.59. The number of anilines is 1. The van der Waals surface area contributed by atoms with Crippen LogP contribution in [0.4, 0.5) is 15.3 Å². The molecule has 0 aromatic heterocycles. The van der Waals surface area contributed by atoms with Gasteiger partial charge in [0.05, 0.1) is 5.41 Å². The second-order valence-corrected chi connectivity index (χ2v) is 15.3. The fraction of sp³-hybridized carbons (Fsp3) is 0.316. The third kappa shape index (κ3) is 15.5. The molecule has 0 unspecified atom stereocenters. The number of esters is 4. The molecule has 0 aliphatic carbocycles. The SMILES string of the molecule is C=CC(=O)OCC(C)(COC(=O)C=C)NC(=O)Oc1ccc(SI)c(-c2ccc(NC(=O)OCC(C)(COC(=O)C(=C)C)COC(=O)C(=C)C)cc2SC)c1. The molecule has 2 aromatic rings. The Morgan fingerprint density at radius 3 is 1.76 bits per heavy atom. The Morgan fingerprint density at radius 1 is 0.727 bits per heavy atom. The molecule has 0 aliphatic heterocycles. The van der Waals surface area contributed by atoms with Gasteiger partial charge < -0.3 is 33.7 Å². The minimum Gasteiger partial charge on any atom is -0.461 e. The van der Waals surface area contributed by atoms with Gasteiger partial charge in [0.2, 0.25) is 0 Å². The fourth-order valence-electron chi connectivity index (χ4n) is 4.16. The van der Waals surface area contributed by atoms with E-state index >= 15 is 0 Å². The van der Waals surface area contributed by atoms with E-state index in [2.05, 4.69) is 58.2 Å². The average Bonchev–Trinajstić information content (AvgIpc) is 3.16. The number of carbonyl (C=O) groups is 6. The lowest BCUT2D eigenvalue weighted by molar-refractivity contribution is -0.150. The summed E-state index contributed by atoms with van der Waals surface area (Å²) >= 11 is 3.54. The maximum absolute atomic E-state index is 13.1. The van der Waals surface area contributed by atoms with E-state index in [4.69, 9.17) is 28.4 Å². The molecule has 296 valence electrons. The smallest absolute Gasteiger partial charge is 0.413 e. The molecule has 0 spiro atoms. The van der Waals surface area contributed by atoms with Crippen LogP contribution in [-0.4, -0.2) is 80.9 Å². The van der Waals surface area contributed by atoms with Crippen LogP contribution in [0.25, 0.3) is 11.1 Å². The number of hydrogen-bond donors (Lipinski definition) is 2. The molecule has 0 aliphatic rings. The maximum atomic E-state index is 13.1. The summed E-state index contributed by atoms with van der Waals surface area (Å²) in [5.41, 5.74) is -0.207. The lowest BCUT2D eigenvalue weighted by Crippen LogP contribution is -2.54. The van der Waals surface area contributed by atoms with Crippen molar-refractivity contribution >= 4 is 83.7 Å². The van der Waals surface area contributed by atoms with Gasteiger partial charge in [-0.2, -0.15) is 0 Å². The molecule has 0 bridgehead atoms. The first-order valence-corrected chi connectivity index (χ1v) is 20.7. The predicted octanol–water partition coefficient (Wildman–Crippen LogP) is 7.62. The van der Waals surface area contributed by atoms with Crippen LogP contribution >= 0.6 is 41.9 Å². The highest BCUT2D eigenvalue weighted by atomic mass is 127. The molecule has 0 saturated heterocycles. The molecule has 14 nitrogen and oxygen atoms in total. The van der Waals surface area contributed by atoms with Crippen molar-refractivity contribution in [2.45, 2.75) is 43.0 Å². The highest BCUT2D eigenvalue weighted by molar-refractivity contribution is 14.2. The molecule has 2 N–H and O–H groups in total. The molecule has 0 fully saturated rings. The predicted molar refractivity (Wildman–Crippen MR) is 218 cm³/mol. The van der Waals surface area contributed by atoms with E-state index in [1.165, 1.54) is 41.5 Å². The molecule has 17 heteroatoms. The molecular formula is C38H43IN2O12S2. The summed E-state index contributed by atoms with van der Waals surface area (Å²) in [6.07, 6.45) is 2.06. The van der Waals surface area contributed by atoms with E-state index in [9.17, 15) is 28.8 Å². The summed E-state index contributed by atoms with van der Waals surface area (Å²) in [7, 11) is 1.44. The number of hydrogen-bond acceptors (Lipinski definition) is 14. The van der Waals surface area contributed by atoms with Crippen LogP contribution in [-0.2, 0) is 42.9 Å². The molecule has 2 amide bonds. The van der Waals surface area contributed by atoms with Crippen LogP contribution in [0, 0.1) is 5.41 Å². The van der Waals surface area contributed by atoms with Gasteiger partial charge in [-0.15, -0.1) is 11.8 Å². The number of benzene rings is 2. The van der Waals surface area contributed by atoms with E-state index in [0.29, 0.717) is 5.69 Å². The van der Waals surface area contributed by atoms with Crippen molar-refractivity contribution in [1.82, 2.24) is 5.32 Å². The number of amides is 2. The van der Waals surface area contributed by atoms with Crippen molar-refractivity contribution in [2.24, 2.45) is 5.41 Å². The van der Waals surface area contributed by atoms with Crippen molar-refractivity contribution in [2.75, 3.05) is 44.6 Å². The van der Waals surface area contributed by atoms with Gasteiger partial charge in [-0.1, -0.05) is 41.3 Å². The molecule has 0 heterocycles. The molecule has 55 heavy (non-hydrogen) atoms. The van der Waals surface area contributed by atoms with Crippen LogP contribution in [0.1, 0.15) is 27.7 Å². The zero-order valence-electron chi connectivity index (χ0n) is 31.1. The van der Waals surface area contributed by atoms with Crippen molar-refractivity contribution in [3.8, 4) is 16.9 Å². The normalized spacial score (nSPS) is 10.9. The Morgan fingerprint density at radius 2 is 1.27 bits per heavy atom. The minimum atomic E-state index is -1.36. The number of halogens is 1. The summed E-state index contributed by atoms with van der Waals surface area (Å²) in [5, 5.41) is 5.28. The second-order valence-electron chi connectivity index (χ2n) is 12.6. The van der Waals surface area contributed by atoms with Crippen molar-refractivity contribution < 1.29 is 57.2 Å². The van der Waals surface area contributed by atoms with Crippen molar-refractivity contribution in [3.05, 3.63) is 86.0 Å².